The van der Waals surface area contributed by atoms with Gasteiger partial charge in [-0.25, -0.2) is 4.90 Å². The maximum absolute atomic E-state index is 12.5. The Morgan fingerprint density at radius 3 is 2.38 bits per heavy atom. The summed E-state index contributed by atoms with van der Waals surface area (Å²) in [6, 6.07) is 14.0. The van der Waals surface area contributed by atoms with Crippen molar-refractivity contribution in [2.75, 3.05) is 18.6 Å². The second kappa shape index (κ2) is 9.16. The van der Waals surface area contributed by atoms with E-state index >= 15 is 0 Å². The minimum atomic E-state index is -0.485. The van der Waals surface area contributed by atoms with Gasteiger partial charge < -0.3 is 10.1 Å². The van der Waals surface area contributed by atoms with Crippen molar-refractivity contribution in [3.05, 3.63) is 59.1 Å². The first-order valence-corrected chi connectivity index (χ1v) is 8.45. The molecule has 2 aromatic rings. The summed E-state index contributed by atoms with van der Waals surface area (Å²) in [5.41, 5.74) is 1.69. The highest BCUT2D eigenvalue weighted by molar-refractivity contribution is 8.93. The molecule has 0 aromatic heterocycles. The molecule has 2 amide bonds. The summed E-state index contributed by atoms with van der Waals surface area (Å²) in [5, 5.41) is 3.75. The van der Waals surface area contributed by atoms with Crippen LogP contribution in [0, 0.1) is 0 Å². The van der Waals surface area contributed by atoms with E-state index in [0.29, 0.717) is 17.3 Å². The minimum Gasteiger partial charge on any atom is -0.497 e. The molecule has 0 radical (unpaired) electrons. The molecule has 1 aliphatic heterocycles. The molecule has 0 bridgehead atoms. The molecule has 138 valence electrons. The Morgan fingerprint density at radius 1 is 1.12 bits per heavy atom. The van der Waals surface area contributed by atoms with Gasteiger partial charge in [0.2, 0.25) is 5.91 Å². The number of carbonyl (C=O) groups excluding carboxylic acids is 2. The SMILES string of the molecule is Br.COc1ccc(CCNC2CC(=O)N(c3ccc(Cl)cc3)C2=O)cc1. The summed E-state index contributed by atoms with van der Waals surface area (Å²) in [6.07, 6.45) is 0.937. The van der Waals surface area contributed by atoms with Crippen molar-refractivity contribution >= 4 is 46.1 Å². The predicted molar refractivity (Wildman–Crippen MR) is 107 cm³/mol. The van der Waals surface area contributed by atoms with Crippen molar-refractivity contribution in [3.8, 4) is 5.75 Å². The van der Waals surface area contributed by atoms with Gasteiger partial charge in [0.25, 0.3) is 5.91 Å². The Balaban J connectivity index is 0.00000243. The molecule has 0 aliphatic carbocycles. The van der Waals surface area contributed by atoms with E-state index < -0.39 is 6.04 Å². The van der Waals surface area contributed by atoms with Crippen LogP contribution in [-0.2, 0) is 16.0 Å². The van der Waals surface area contributed by atoms with Gasteiger partial charge in [0.15, 0.2) is 0 Å². The molecular weight excluding hydrogens is 420 g/mol. The summed E-state index contributed by atoms with van der Waals surface area (Å²) in [7, 11) is 1.63. The van der Waals surface area contributed by atoms with Gasteiger partial charge in [-0.15, -0.1) is 17.0 Å². The lowest BCUT2D eigenvalue weighted by Gasteiger charge is -2.15. The minimum absolute atomic E-state index is 0. The number of anilines is 1. The van der Waals surface area contributed by atoms with Gasteiger partial charge in [-0.1, -0.05) is 23.7 Å². The first-order valence-electron chi connectivity index (χ1n) is 8.07. The van der Waals surface area contributed by atoms with Gasteiger partial charge in [-0.2, -0.15) is 0 Å². The predicted octanol–water partition coefficient (Wildman–Crippen LogP) is 3.39. The van der Waals surface area contributed by atoms with Gasteiger partial charge >= 0.3 is 0 Å². The number of hydrogen-bond acceptors (Lipinski definition) is 4. The summed E-state index contributed by atoms with van der Waals surface area (Å²) in [5.74, 6) is 0.392. The largest absolute Gasteiger partial charge is 0.497 e. The molecule has 0 spiro atoms. The topological polar surface area (TPSA) is 58.6 Å². The third-order valence-corrected chi connectivity index (χ3v) is 4.45. The fourth-order valence-corrected chi connectivity index (χ4v) is 2.96. The molecule has 1 aliphatic rings. The van der Waals surface area contributed by atoms with Gasteiger partial charge in [-0.3, -0.25) is 9.59 Å². The van der Waals surface area contributed by atoms with Crippen molar-refractivity contribution in [2.24, 2.45) is 0 Å². The van der Waals surface area contributed by atoms with Crippen LogP contribution in [-0.4, -0.2) is 31.5 Å². The molecule has 7 heteroatoms. The van der Waals surface area contributed by atoms with Crippen LogP contribution in [0.25, 0.3) is 0 Å². The lowest BCUT2D eigenvalue weighted by molar-refractivity contribution is -0.121. The van der Waals surface area contributed by atoms with E-state index in [9.17, 15) is 9.59 Å². The average molecular weight is 440 g/mol. The molecule has 26 heavy (non-hydrogen) atoms. The molecule has 1 atom stereocenters. The Bertz CT molecular complexity index is 765. The van der Waals surface area contributed by atoms with Crippen LogP contribution < -0.4 is 15.0 Å². The number of nitrogens with one attached hydrogen (secondary N) is 1. The summed E-state index contributed by atoms with van der Waals surface area (Å²) in [4.78, 5) is 25.9. The Morgan fingerprint density at radius 2 is 1.77 bits per heavy atom. The van der Waals surface area contributed by atoms with Crippen LogP contribution in [0.4, 0.5) is 5.69 Å². The lowest BCUT2D eigenvalue weighted by atomic mass is 10.1. The number of nitrogens with zero attached hydrogens (tertiary/aromatic N) is 1. The van der Waals surface area contributed by atoms with Crippen LogP contribution in [0.3, 0.4) is 0 Å². The fourth-order valence-electron chi connectivity index (χ4n) is 2.84. The Hall–Kier alpha value is -1.89. The van der Waals surface area contributed by atoms with Gasteiger partial charge in [0.05, 0.1) is 25.3 Å². The Kier molecular flexibility index (Phi) is 7.20. The molecule has 2 aromatic carbocycles. The first-order chi connectivity index (χ1) is 12.1. The van der Waals surface area contributed by atoms with E-state index in [4.69, 9.17) is 16.3 Å². The average Bonchev–Trinajstić information content (AvgIpc) is 2.90. The number of rotatable bonds is 6. The number of methoxy groups -OCH3 is 1. The third-order valence-electron chi connectivity index (χ3n) is 4.19. The van der Waals surface area contributed by atoms with Crippen LogP contribution >= 0.6 is 28.6 Å². The van der Waals surface area contributed by atoms with Crippen LogP contribution in [0.5, 0.6) is 5.75 Å². The summed E-state index contributed by atoms with van der Waals surface area (Å²) >= 11 is 5.86. The highest BCUT2D eigenvalue weighted by atomic mass is 79.9. The standard InChI is InChI=1S/C19H19ClN2O3.BrH/c1-25-16-8-2-13(3-9-16)10-11-21-17-12-18(23)22(19(17)24)15-6-4-14(20)5-7-15;/h2-9,17,21H,10-12H2,1H3;1H. The zero-order chi connectivity index (χ0) is 17.8. The molecule has 1 heterocycles. The number of carbonyl (C=O) groups is 2. The number of imide groups is 1. The first kappa shape index (κ1) is 20.4. The Labute approximate surface area is 168 Å². The molecule has 5 nitrogen and oxygen atoms in total. The fraction of sp³-hybridized carbons (Fsp3) is 0.263. The third kappa shape index (κ3) is 4.63. The summed E-state index contributed by atoms with van der Waals surface area (Å²) in [6.45, 7) is 0.616. The number of amides is 2. The van der Waals surface area contributed by atoms with E-state index in [1.165, 1.54) is 4.90 Å². The van der Waals surface area contributed by atoms with Crippen LogP contribution in [0.1, 0.15) is 12.0 Å². The smallest absolute Gasteiger partial charge is 0.251 e. The molecule has 3 rings (SSSR count). The molecule has 1 N–H and O–H groups in total. The van der Waals surface area contributed by atoms with E-state index in [0.717, 1.165) is 17.7 Å². The molecule has 0 saturated carbocycles. The maximum Gasteiger partial charge on any atom is 0.251 e. The second-order valence-electron chi connectivity index (χ2n) is 5.85. The zero-order valence-corrected chi connectivity index (χ0v) is 16.7. The molecule has 1 fully saturated rings. The quantitative estimate of drug-likeness (QED) is 0.701. The number of ether oxygens (including phenoxy) is 1. The summed E-state index contributed by atoms with van der Waals surface area (Å²) < 4.78 is 5.13. The number of benzene rings is 2. The normalized spacial score (nSPS) is 16.5. The van der Waals surface area contributed by atoms with E-state index in [1.807, 2.05) is 24.3 Å². The van der Waals surface area contributed by atoms with Gasteiger partial charge in [-0.05, 0) is 54.9 Å². The maximum atomic E-state index is 12.5. The van der Waals surface area contributed by atoms with Crippen molar-refractivity contribution in [1.29, 1.82) is 0 Å². The van der Waals surface area contributed by atoms with Crippen molar-refractivity contribution < 1.29 is 14.3 Å². The zero-order valence-electron chi connectivity index (χ0n) is 14.3. The van der Waals surface area contributed by atoms with Crippen molar-refractivity contribution in [1.82, 2.24) is 5.32 Å². The number of hydrogen-bond donors (Lipinski definition) is 1. The van der Waals surface area contributed by atoms with E-state index in [-0.39, 0.29) is 35.2 Å². The van der Waals surface area contributed by atoms with E-state index in [2.05, 4.69) is 5.32 Å². The van der Waals surface area contributed by atoms with E-state index in [1.54, 1.807) is 31.4 Å². The van der Waals surface area contributed by atoms with Crippen LogP contribution in [0.15, 0.2) is 48.5 Å². The second-order valence-corrected chi connectivity index (χ2v) is 6.29. The highest BCUT2D eigenvalue weighted by Gasteiger charge is 2.39. The van der Waals surface area contributed by atoms with Crippen molar-refractivity contribution in [2.45, 2.75) is 18.9 Å². The lowest BCUT2D eigenvalue weighted by Crippen LogP contribution is -2.39. The molecule has 1 unspecified atom stereocenters. The van der Waals surface area contributed by atoms with Crippen LogP contribution in [0.2, 0.25) is 5.02 Å². The molecular formula is C19H20BrClN2O3. The monoisotopic (exact) mass is 438 g/mol. The van der Waals surface area contributed by atoms with Gasteiger partial charge in [0, 0.05) is 5.02 Å². The van der Waals surface area contributed by atoms with Crippen molar-refractivity contribution in [3.63, 3.8) is 0 Å². The number of halogens is 2. The highest BCUT2D eigenvalue weighted by Crippen LogP contribution is 2.24. The van der Waals surface area contributed by atoms with Gasteiger partial charge in [0.1, 0.15) is 5.75 Å². The molecule has 1 saturated heterocycles.